The highest BCUT2D eigenvalue weighted by molar-refractivity contribution is 5.92. The summed E-state index contributed by atoms with van der Waals surface area (Å²) in [6.45, 7) is 6.68. The predicted octanol–water partition coefficient (Wildman–Crippen LogP) is 7.12. The third-order valence-electron chi connectivity index (χ3n) is 5.72. The van der Waals surface area contributed by atoms with Crippen LogP contribution in [0.5, 0.6) is 5.75 Å². The zero-order valence-corrected chi connectivity index (χ0v) is 19.7. The highest BCUT2D eigenvalue weighted by Crippen LogP contribution is 2.22. The minimum atomic E-state index is -0.441. The number of hydrogen-bond acceptors (Lipinski definition) is 4. The third kappa shape index (κ3) is 7.04. The maximum Gasteiger partial charge on any atom is 0.343 e. The summed E-state index contributed by atoms with van der Waals surface area (Å²) < 4.78 is 10.8. The van der Waals surface area contributed by atoms with Crippen LogP contribution in [0.25, 0.3) is 11.1 Å². The van der Waals surface area contributed by atoms with E-state index in [2.05, 4.69) is 38.1 Å². The second-order valence-corrected chi connectivity index (χ2v) is 8.40. The number of rotatable bonds is 10. The minimum absolute atomic E-state index is 0.325. The van der Waals surface area contributed by atoms with Gasteiger partial charge < -0.3 is 9.47 Å². The molecule has 0 aliphatic carbocycles. The van der Waals surface area contributed by atoms with E-state index in [1.807, 2.05) is 19.1 Å². The largest absolute Gasteiger partial charge is 0.462 e. The SMILES string of the molecule is CCCCc1ccc(-c2ccc(C(=O)Oc3ccc(C(=O)OCC(C)CC)cc3)cc2)cc1. The van der Waals surface area contributed by atoms with Gasteiger partial charge in [-0.15, -0.1) is 0 Å². The van der Waals surface area contributed by atoms with Crippen LogP contribution < -0.4 is 4.74 Å². The molecule has 3 aromatic carbocycles. The van der Waals surface area contributed by atoms with Crippen LogP contribution in [0.4, 0.5) is 0 Å². The van der Waals surface area contributed by atoms with Gasteiger partial charge in [0, 0.05) is 0 Å². The summed E-state index contributed by atoms with van der Waals surface area (Å²) in [4.78, 5) is 24.6. The van der Waals surface area contributed by atoms with Crippen LogP contribution in [0.3, 0.4) is 0 Å². The van der Waals surface area contributed by atoms with Crippen molar-refractivity contribution in [3.63, 3.8) is 0 Å². The number of ether oxygens (including phenoxy) is 2. The Morgan fingerprint density at radius 1 is 0.758 bits per heavy atom. The number of benzene rings is 3. The molecule has 0 aliphatic heterocycles. The van der Waals surface area contributed by atoms with Gasteiger partial charge in [-0.25, -0.2) is 9.59 Å². The van der Waals surface area contributed by atoms with Gasteiger partial charge in [0.1, 0.15) is 5.75 Å². The van der Waals surface area contributed by atoms with Crippen LogP contribution in [0.15, 0.2) is 72.8 Å². The Morgan fingerprint density at radius 3 is 1.88 bits per heavy atom. The van der Waals surface area contributed by atoms with Crippen LogP contribution in [0.1, 0.15) is 66.3 Å². The lowest BCUT2D eigenvalue weighted by atomic mass is 10.0. The maximum absolute atomic E-state index is 12.5. The van der Waals surface area contributed by atoms with E-state index in [9.17, 15) is 9.59 Å². The summed E-state index contributed by atoms with van der Waals surface area (Å²) in [5.41, 5.74) is 4.41. The van der Waals surface area contributed by atoms with Gasteiger partial charge in [0.15, 0.2) is 0 Å². The Labute approximate surface area is 196 Å². The van der Waals surface area contributed by atoms with E-state index < -0.39 is 5.97 Å². The quantitative estimate of drug-likeness (QED) is 0.247. The Balaban J connectivity index is 1.57. The number of carbonyl (C=O) groups is 2. The molecule has 0 heterocycles. The van der Waals surface area contributed by atoms with E-state index in [1.54, 1.807) is 36.4 Å². The van der Waals surface area contributed by atoms with Crippen molar-refractivity contribution in [2.24, 2.45) is 5.92 Å². The van der Waals surface area contributed by atoms with Crippen molar-refractivity contribution in [1.29, 1.82) is 0 Å². The number of esters is 2. The molecule has 4 nitrogen and oxygen atoms in total. The molecule has 0 bridgehead atoms. The zero-order chi connectivity index (χ0) is 23.6. The van der Waals surface area contributed by atoms with E-state index in [1.165, 1.54) is 18.4 Å². The molecule has 1 unspecified atom stereocenters. The molecule has 1 atom stereocenters. The predicted molar refractivity (Wildman–Crippen MR) is 132 cm³/mol. The molecule has 3 rings (SSSR count). The number of carbonyl (C=O) groups excluding carboxylic acids is 2. The molecular formula is C29H32O4. The fraction of sp³-hybridized carbons (Fsp3) is 0.310. The first kappa shape index (κ1) is 24.2. The van der Waals surface area contributed by atoms with E-state index >= 15 is 0 Å². The van der Waals surface area contributed by atoms with Gasteiger partial charge in [0.05, 0.1) is 17.7 Å². The molecular weight excluding hydrogens is 412 g/mol. The lowest BCUT2D eigenvalue weighted by molar-refractivity contribution is 0.0447. The standard InChI is InChI=1S/C29H32O4/c1-4-6-7-22-8-10-23(11-9-22)24-12-14-26(15-13-24)29(31)33-27-18-16-25(17-19-27)28(30)32-20-21(3)5-2/h8-19,21H,4-7,20H2,1-3H3. The molecule has 4 heteroatoms. The molecule has 0 fully saturated rings. The molecule has 0 N–H and O–H groups in total. The summed E-state index contributed by atoms with van der Waals surface area (Å²) in [5.74, 6) is -0.110. The van der Waals surface area contributed by atoms with Crippen molar-refractivity contribution in [2.45, 2.75) is 46.5 Å². The van der Waals surface area contributed by atoms with Crippen molar-refractivity contribution in [1.82, 2.24) is 0 Å². The van der Waals surface area contributed by atoms with Crippen molar-refractivity contribution in [3.05, 3.63) is 89.5 Å². The average molecular weight is 445 g/mol. The Morgan fingerprint density at radius 2 is 1.30 bits per heavy atom. The minimum Gasteiger partial charge on any atom is -0.462 e. The smallest absolute Gasteiger partial charge is 0.343 e. The van der Waals surface area contributed by atoms with Crippen molar-refractivity contribution < 1.29 is 19.1 Å². The third-order valence-corrected chi connectivity index (χ3v) is 5.72. The Bertz CT molecular complexity index is 1030. The molecule has 0 aromatic heterocycles. The van der Waals surface area contributed by atoms with E-state index in [0.29, 0.717) is 29.4 Å². The second kappa shape index (κ2) is 12.0. The maximum atomic E-state index is 12.5. The van der Waals surface area contributed by atoms with Crippen LogP contribution in [0, 0.1) is 5.92 Å². The molecule has 0 spiro atoms. The van der Waals surface area contributed by atoms with E-state index in [-0.39, 0.29) is 5.97 Å². The summed E-state index contributed by atoms with van der Waals surface area (Å²) in [7, 11) is 0. The first-order valence-electron chi connectivity index (χ1n) is 11.7. The number of unbranched alkanes of at least 4 members (excludes halogenated alkanes) is 1. The highest BCUT2D eigenvalue weighted by atomic mass is 16.5. The van der Waals surface area contributed by atoms with E-state index in [0.717, 1.165) is 24.0 Å². The topological polar surface area (TPSA) is 52.6 Å². The number of hydrogen-bond donors (Lipinski definition) is 0. The summed E-state index contributed by atoms with van der Waals surface area (Å²) in [6, 6.07) is 22.4. The van der Waals surface area contributed by atoms with Gasteiger partial charge in [0.25, 0.3) is 0 Å². The molecule has 0 radical (unpaired) electrons. The number of aryl methyl sites for hydroxylation is 1. The van der Waals surface area contributed by atoms with Gasteiger partial charge in [-0.05, 0) is 71.8 Å². The molecule has 0 aliphatic rings. The molecule has 0 saturated heterocycles. The zero-order valence-electron chi connectivity index (χ0n) is 19.7. The van der Waals surface area contributed by atoms with Crippen molar-refractivity contribution >= 4 is 11.9 Å². The van der Waals surface area contributed by atoms with Gasteiger partial charge in [-0.2, -0.15) is 0 Å². The van der Waals surface area contributed by atoms with Crippen LogP contribution in [0.2, 0.25) is 0 Å². The summed E-state index contributed by atoms with van der Waals surface area (Å²) >= 11 is 0. The first-order chi connectivity index (χ1) is 16.0. The lowest BCUT2D eigenvalue weighted by Gasteiger charge is -2.10. The molecule has 0 amide bonds. The second-order valence-electron chi connectivity index (χ2n) is 8.40. The summed E-state index contributed by atoms with van der Waals surface area (Å²) in [6.07, 6.45) is 4.44. The van der Waals surface area contributed by atoms with Gasteiger partial charge in [0.2, 0.25) is 0 Å². The molecule has 33 heavy (non-hydrogen) atoms. The van der Waals surface area contributed by atoms with Crippen LogP contribution in [-0.2, 0) is 11.2 Å². The molecule has 3 aromatic rings. The highest BCUT2D eigenvalue weighted by Gasteiger charge is 2.12. The molecule has 172 valence electrons. The van der Waals surface area contributed by atoms with Gasteiger partial charge >= 0.3 is 11.9 Å². The lowest BCUT2D eigenvalue weighted by Crippen LogP contribution is -2.12. The first-order valence-corrected chi connectivity index (χ1v) is 11.7. The van der Waals surface area contributed by atoms with Gasteiger partial charge in [-0.1, -0.05) is 70.0 Å². The van der Waals surface area contributed by atoms with Crippen molar-refractivity contribution in [2.75, 3.05) is 6.61 Å². The summed E-state index contributed by atoms with van der Waals surface area (Å²) in [5, 5.41) is 0. The monoisotopic (exact) mass is 444 g/mol. The Hall–Kier alpha value is -3.40. The van der Waals surface area contributed by atoms with Crippen LogP contribution in [-0.4, -0.2) is 18.5 Å². The fourth-order valence-corrected chi connectivity index (χ4v) is 3.29. The Kier molecular flexibility index (Phi) is 8.82. The van der Waals surface area contributed by atoms with Gasteiger partial charge in [-0.3, -0.25) is 0 Å². The van der Waals surface area contributed by atoms with Crippen molar-refractivity contribution in [3.8, 4) is 16.9 Å². The fourth-order valence-electron chi connectivity index (χ4n) is 3.29. The normalized spacial score (nSPS) is 11.6. The average Bonchev–Trinajstić information content (AvgIpc) is 2.86. The van der Waals surface area contributed by atoms with E-state index in [4.69, 9.17) is 9.47 Å². The molecule has 0 saturated carbocycles. The van der Waals surface area contributed by atoms with Crippen LogP contribution >= 0.6 is 0 Å².